The number of rotatable bonds is 6. The Labute approximate surface area is 165 Å². The number of methoxy groups -OCH3 is 1. The number of anilines is 1. The maximum Gasteiger partial charge on any atom is 0.259 e. The first kappa shape index (κ1) is 18.2. The highest BCUT2D eigenvalue weighted by molar-refractivity contribution is 14.1. The number of hydrogen-bond acceptors (Lipinski definition) is 4. The molecule has 0 saturated heterocycles. The number of amides is 1. The average Bonchev–Trinajstić information content (AvgIpc) is 2.66. The normalized spacial score (nSPS) is 10.8. The van der Waals surface area contributed by atoms with E-state index in [0.29, 0.717) is 0 Å². The van der Waals surface area contributed by atoms with Crippen molar-refractivity contribution in [2.75, 3.05) is 19.0 Å². The predicted octanol–water partition coefficient (Wildman–Crippen LogP) is 4.02. The van der Waals surface area contributed by atoms with Gasteiger partial charge in [0.25, 0.3) is 5.91 Å². The molecule has 3 rings (SSSR count). The summed E-state index contributed by atoms with van der Waals surface area (Å²) in [6, 6.07) is 19.8. The summed E-state index contributed by atoms with van der Waals surface area (Å²) in [6.07, 6.45) is 1.61. The van der Waals surface area contributed by atoms with Crippen molar-refractivity contribution in [1.29, 1.82) is 0 Å². The molecule has 0 saturated carbocycles. The van der Waals surface area contributed by atoms with Gasteiger partial charge >= 0.3 is 0 Å². The quantitative estimate of drug-likeness (QED) is 0.333. The van der Waals surface area contributed by atoms with Gasteiger partial charge in [-0.3, -0.25) is 4.79 Å². The number of nitrogens with one attached hydrogen (secondary N) is 2. The van der Waals surface area contributed by atoms with E-state index in [-0.39, 0.29) is 12.5 Å². The predicted molar refractivity (Wildman–Crippen MR) is 114 cm³/mol. The molecule has 0 bridgehead atoms. The molecule has 3 aromatic carbocycles. The number of fused-ring (bicyclic) bond motifs is 1. The van der Waals surface area contributed by atoms with Crippen molar-refractivity contribution < 1.29 is 9.53 Å². The largest absolute Gasteiger partial charge is 0.496 e. The molecule has 2 N–H and O–H groups in total. The zero-order chi connectivity index (χ0) is 18.4. The summed E-state index contributed by atoms with van der Waals surface area (Å²) in [5.41, 5.74) is 4.30. The molecule has 0 aliphatic rings. The number of nitrogens with zero attached hydrogens (tertiary/aromatic N) is 1. The summed E-state index contributed by atoms with van der Waals surface area (Å²) >= 11 is 2.19. The van der Waals surface area contributed by atoms with E-state index in [1.54, 1.807) is 13.3 Å². The lowest BCUT2D eigenvalue weighted by Crippen LogP contribution is -2.25. The van der Waals surface area contributed by atoms with Gasteiger partial charge in [0.15, 0.2) is 0 Å². The van der Waals surface area contributed by atoms with Crippen LogP contribution in [-0.4, -0.2) is 25.8 Å². The lowest BCUT2D eigenvalue weighted by Gasteiger charge is -2.07. The summed E-state index contributed by atoms with van der Waals surface area (Å²) in [6.45, 7) is 0.149. The van der Waals surface area contributed by atoms with E-state index in [1.165, 1.54) is 5.39 Å². The second-order valence-electron chi connectivity index (χ2n) is 5.60. The lowest BCUT2D eigenvalue weighted by molar-refractivity contribution is -0.119. The molecular formula is C20H18IN3O2. The summed E-state index contributed by atoms with van der Waals surface area (Å²) in [7, 11) is 1.63. The number of ether oxygens (including phenoxy) is 1. The Kier molecular flexibility index (Phi) is 6.06. The Hall–Kier alpha value is -2.61. The third-order valence-corrected chi connectivity index (χ3v) is 4.62. The first-order valence-corrected chi connectivity index (χ1v) is 9.12. The highest BCUT2D eigenvalue weighted by atomic mass is 127. The molecule has 6 heteroatoms. The Balaban J connectivity index is 1.52. The maximum atomic E-state index is 11.9. The van der Waals surface area contributed by atoms with E-state index in [4.69, 9.17) is 4.74 Å². The molecule has 0 unspecified atom stereocenters. The van der Waals surface area contributed by atoms with E-state index < -0.39 is 0 Å². The fourth-order valence-electron chi connectivity index (χ4n) is 2.46. The summed E-state index contributed by atoms with van der Waals surface area (Å²) in [5.74, 6) is 0.601. The highest BCUT2D eigenvalue weighted by Crippen LogP contribution is 2.21. The zero-order valence-corrected chi connectivity index (χ0v) is 16.4. The van der Waals surface area contributed by atoms with E-state index in [2.05, 4.69) is 44.5 Å². The molecule has 0 heterocycles. The van der Waals surface area contributed by atoms with Crippen molar-refractivity contribution in [1.82, 2.24) is 5.43 Å². The van der Waals surface area contributed by atoms with Gasteiger partial charge in [0, 0.05) is 5.69 Å². The maximum absolute atomic E-state index is 11.9. The van der Waals surface area contributed by atoms with Gasteiger partial charge in [-0.05, 0) is 69.3 Å². The molecule has 0 atom stereocenters. The lowest BCUT2D eigenvalue weighted by atomic mass is 10.1. The minimum atomic E-state index is -0.211. The van der Waals surface area contributed by atoms with Crippen LogP contribution in [0, 0.1) is 3.57 Å². The summed E-state index contributed by atoms with van der Waals surface area (Å²) < 4.78 is 6.20. The topological polar surface area (TPSA) is 62.7 Å². The van der Waals surface area contributed by atoms with E-state index in [1.807, 2.05) is 54.6 Å². The van der Waals surface area contributed by atoms with Gasteiger partial charge in [-0.25, -0.2) is 5.43 Å². The Morgan fingerprint density at radius 1 is 1.12 bits per heavy atom. The first-order valence-electron chi connectivity index (χ1n) is 8.04. The van der Waals surface area contributed by atoms with Crippen LogP contribution in [0.25, 0.3) is 10.8 Å². The third kappa shape index (κ3) is 4.72. The molecule has 0 aliphatic carbocycles. The van der Waals surface area contributed by atoms with Gasteiger partial charge in [0.2, 0.25) is 0 Å². The van der Waals surface area contributed by atoms with Gasteiger partial charge in [-0.1, -0.05) is 30.3 Å². The van der Waals surface area contributed by atoms with Crippen LogP contribution in [0.2, 0.25) is 0 Å². The van der Waals surface area contributed by atoms with Gasteiger partial charge in [-0.2, -0.15) is 5.10 Å². The summed E-state index contributed by atoms with van der Waals surface area (Å²) in [4.78, 5) is 11.9. The number of hydrazone groups is 1. The van der Waals surface area contributed by atoms with Crippen LogP contribution in [0.5, 0.6) is 5.75 Å². The van der Waals surface area contributed by atoms with Crippen LogP contribution in [-0.2, 0) is 4.79 Å². The third-order valence-electron chi connectivity index (χ3n) is 3.78. The van der Waals surface area contributed by atoms with Crippen LogP contribution >= 0.6 is 22.6 Å². The first-order chi connectivity index (χ1) is 12.7. The van der Waals surface area contributed by atoms with Crippen LogP contribution in [0.4, 0.5) is 5.69 Å². The monoisotopic (exact) mass is 459 g/mol. The molecule has 132 valence electrons. The van der Waals surface area contributed by atoms with E-state index >= 15 is 0 Å². The van der Waals surface area contributed by atoms with E-state index in [0.717, 1.165) is 26.0 Å². The van der Waals surface area contributed by atoms with Crippen LogP contribution in [0.3, 0.4) is 0 Å². The minimum Gasteiger partial charge on any atom is -0.496 e. The number of hydrogen-bond donors (Lipinski definition) is 2. The van der Waals surface area contributed by atoms with Gasteiger partial charge in [0.05, 0.1) is 23.4 Å². The average molecular weight is 459 g/mol. The Morgan fingerprint density at radius 3 is 2.69 bits per heavy atom. The van der Waals surface area contributed by atoms with Crippen LogP contribution < -0.4 is 15.5 Å². The number of carbonyl (C=O) groups excluding carboxylic acids is 1. The SMILES string of the molecule is COc1ccc(/C=N\NC(=O)CNc2ccc3ccccc3c2)cc1I. The summed E-state index contributed by atoms with van der Waals surface area (Å²) in [5, 5.41) is 9.39. The molecule has 0 spiro atoms. The van der Waals surface area contributed by atoms with Gasteiger partial charge in [-0.15, -0.1) is 0 Å². The zero-order valence-electron chi connectivity index (χ0n) is 14.2. The second-order valence-corrected chi connectivity index (χ2v) is 6.76. The van der Waals surface area contributed by atoms with Gasteiger partial charge < -0.3 is 10.1 Å². The molecule has 0 aromatic heterocycles. The molecule has 0 fully saturated rings. The van der Waals surface area contributed by atoms with Crippen molar-refractivity contribution in [3.05, 3.63) is 69.8 Å². The van der Waals surface area contributed by atoms with Crippen molar-refractivity contribution >= 4 is 51.2 Å². The number of benzene rings is 3. The van der Waals surface area contributed by atoms with Crippen molar-refractivity contribution in [2.24, 2.45) is 5.10 Å². The number of carbonyl (C=O) groups is 1. The van der Waals surface area contributed by atoms with Crippen molar-refractivity contribution in [3.8, 4) is 5.75 Å². The standard InChI is InChI=1S/C20H18IN3O2/c1-26-19-9-6-14(10-18(19)21)12-23-24-20(25)13-22-17-8-7-15-4-2-3-5-16(15)11-17/h2-12,22H,13H2,1H3,(H,24,25)/b23-12-. The molecule has 0 radical (unpaired) electrons. The van der Waals surface area contributed by atoms with Crippen molar-refractivity contribution in [2.45, 2.75) is 0 Å². The molecule has 5 nitrogen and oxygen atoms in total. The molecule has 26 heavy (non-hydrogen) atoms. The smallest absolute Gasteiger partial charge is 0.259 e. The number of halogens is 1. The molecule has 1 amide bonds. The minimum absolute atomic E-state index is 0.149. The van der Waals surface area contributed by atoms with Crippen LogP contribution in [0.15, 0.2) is 65.8 Å². The fraction of sp³-hybridized carbons (Fsp3) is 0.100. The molecule has 3 aromatic rings. The van der Waals surface area contributed by atoms with Gasteiger partial charge in [0.1, 0.15) is 5.75 Å². The Morgan fingerprint density at radius 2 is 1.92 bits per heavy atom. The fourth-order valence-corrected chi connectivity index (χ4v) is 3.22. The molecule has 0 aliphatic heterocycles. The molecular weight excluding hydrogens is 441 g/mol. The highest BCUT2D eigenvalue weighted by Gasteiger charge is 2.02. The second kappa shape index (κ2) is 8.66. The van der Waals surface area contributed by atoms with E-state index in [9.17, 15) is 4.79 Å². The van der Waals surface area contributed by atoms with Crippen molar-refractivity contribution in [3.63, 3.8) is 0 Å². The van der Waals surface area contributed by atoms with Crippen LogP contribution in [0.1, 0.15) is 5.56 Å². The Bertz CT molecular complexity index is 957.